The van der Waals surface area contributed by atoms with E-state index in [1.807, 2.05) is 10.9 Å². The summed E-state index contributed by atoms with van der Waals surface area (Å²) >= 11 is 0. The van der Waals surface area contributed by atoms with Crippen molar-refractivity contribution in [1.29, 1.82) is 0 Å². The molecule has 0 aliphatic rings. The van der Waals surface area contributed by atoms with Crippen LogP contribution in [0.4, 0.5) is 0 Å². The molecule has 1 aromatic rings. The molecule has 0 spiro atoms. The van der Waals surface area contributed by atoms with E-state index in [4.69, 9.17) is 5.73 Å². The lowest BCUT2D eigenvalue weighted by molar-refractivity contribution is 0.224. The van der Waals surface area contributed by atoms with Crippen molar-refractivity contribution in [1.82, 2.24) is 14.7 Å². The van der Waals surface area contributed by atoms with Crippen LogP contribution >= 0.6 is 0 Å². The normalized spacial score (nSPS) is 13.3. The number of aromatic nitrogens is 2. The van der Waals surface area contributed by atoms with Crippen LogP contribution in [0.3, 0.4) is 0 Å². The topological polar surface area (TPSA) is 47.1 Å². The Morgan fingerprint density at radius 2 is 2.06 bits per heavy atom. The molecular weight excluding hydrogens is 200 g/mol. The fourth-order valence-corrected chi connectivity index (χ4v) is 2.06. The first-order valence-corrected chi connectivity index (χ1v) is 6.23. The zero-order valence-corrected chi connectivity index (χ0v) is 10.7. The third-order valence-corrected chi connectivity index (χ3v) is 2.97. The van der Waals surface area contributed by atoms with Gasteiger partial charge in [0.15, 0.2) is 0 Å². The predicted molar refractivity (Wildman–Crippen MR) is 67.2 cm³/mol. The Labute approximate surface area is 98.4 Å². The van der Waals surface area contributed by atoms with Crippen LogP contribution in [0.1, 0.15) is 38.8 Å². The van der Waals surface area contributed by atoms with E-state index in [0.29, 0.717) is 12.6 Å². The Morgan fingerprint density at radius 3 is 2.56 bits per heavy atom. The Hall–Kier alpha value is -0.870. The summed E-state index contributed by atoms with van der Waals surface area (Å²) in [7, 11) is 0. The maximum absolute atomic E-state index is 5.86. The number of rotatable bonds is 7. The van der Waals surface area contributed by atoms with Crippen molar-refractivity contribution in [3.8, 4) is 0 Å². The lowest BCUT2D eigenvalue weighted by Crippen LogP contribution is -2.33. The molecule has 4 heteroatoms. The zero-order valence-electron chi connectivity index (χ0n) is 10.7. The highest BCUT2D eigenvalue weighted by Crippen LogP contribution is 2.18. The molecule has 1 heterocycles. The summed E-state index contributed by atoms with van der Waals surface area (Å²) in [5.74, 6) is 0. The zero-order chi connectivity index (χ0) is 12.0. The Balaban J connectivity index is 2.77. The summed E-state index contributed by atoms with van der Waals surface area (Å²) < 4.78 is 2.00. The van der Waals surface area contributed by atoms with Gasteiger partial charge in [-0.25, -0.2) is 0 Å². The minimum absolute atomic E-state index is 0.306. The van der Waals surface area contributed by atoms with Crippen molar-refractivity contribution in [2.45, 2.75) is 39.8 Å². The molecule has 92 valence electrons. The maximum Gasteiger partial charge on any atom is 0.0538 e. The van der Waals surface area contributed by atoms with Crippen LogP contribution < -0.4 is 5.73 Å². The van der Waals surface area contributed by atoms with Gasteiger partial charge in [0.1, 0.15) is 0 Å². The van der Waals surface area contributed by atoms with E-state index < -0.39 is 0 Å². The maximum atomic E-state index is 5.86. The van der Waals surface area contributed by atoms with Crippen molar-refractivity contribution >= 4 is 0 Å². The van der Waals surface area contributed by atoms with Crippen molar-refractivity contribution in [2.75, 3.05) is 19.6 Å². The van der Waals surface area contributed by atoms with E-state index >= 15 is 0 Å². The van der Waals surface area contributed by atoms with Gasteiger partial charge in [0.05, 0.1) is 12.2 Å². The van der Waals surface area contributed by atoms with E-state index in [1.165, 1.54) is 5.56 Å². The molecule has 1 rings (SSSR count). The van der Waals surface area contributed by atoms with Crippen LogP contribution in [0.2, 0.25) is 0 Å². The monoisotopic (exact) mass is 224 g/mol. The molecule has 0 radical (unpaired) electrons. The minimum Gasteiger partial charge on any atom is -0.329 e. The number of hydrogen-bond acceptors (Lipinski definition) is 3. The first-order valence-electron chi connectivity index (χ1n) is 6.23. The van der Waals surface area contributed by atoms with Crippen LogP contribution in [-0.2, 0) is 6.54 Å². The van der Waals surface area contributed by atoms with Gasteiger partial charge in [-0.15, -0.1) is 0 Å². The van der Waals surface area contributed by atoms with Gasteiger partial charge in [0.25, 0.3) is 0 Å². The molecule has 0 saturated heterocycles. The second kappa shape index (κ2) is 6.66. The molecule has 1 aromatic heterocycles. The van der Waals surface area contributed by atoms with Gasteiger partial charge >= 0.3 is 0 Å². The van der Waals surface area contributed by atoms with Crippen molar-refractivity contribution in [2.24, 2.45) is 5.73 Å². The van der Waals surface area contributed by atoms with Crippen molar-refractivity contribution in [3.05, 3.63) is 18.0 Å². The van der Waals surface area contributed by atoms with Crippen molar-refractivity contribution in [3.63, 3.8) is 0 Å². The van der Waals surface area contributed by atoms with E-state index in [2.05, 4.69) is 37.0 Å². The fourth-order valence-electron chi connectivity index (χ4n) is 2.06. The smallest absolute Gasteiger partial charge is 0.0538 e. The van der Waals surface area contributed by atoms with Gasteiger partial charge in [-0.2, -0.15) is 5.10 Å². The number of nitrogens with two attached hydrogens (primary N) is 1. The van der Waals surface area contributed by atoms with E-state index in [1.54, 1.807) is 0 Å². The molecule has 0 aliphatic carbocycles. The van der Waals surface area contributed by atoms with Crippen LogP contribution in [0.5, 0.6) is 0 Å². The van der Waals surface area contributed by atoms with Gasteiger partial charge in [-0.05, 0) is 19.5 Å². The van der Waals surface area contributed by atoms with Crippen LogP contribution in [0.15, 0.2) is 12.4 Å². The molecule has 2 N–H and O–H groups in total. The summed E-state index contributed by atoms with van der Waals surface area (Å²) in [5, 5.41) is 4.36. The molecule has 0 bridgehead atoms. The summed E-state index contributed by atoms with van der Waals surface area (Å²) in [4.78, 5) is 2.37. The van der Waals surface area contributed by atoms with Crippen LogP contribution in [0.25, 0.3) is 0 Å². The SMILES string of the molecule is CCCn1cc(C(CN)N(CC)CC)cn1. The molecule has 0 amide bonds. The first kappa shape index (κ1) is 13.2. The third kappa shape index (κ3) is 3.06. The quantitative estimate of drug-likeness (QED) is 0.766. The Kier molecular flexibility index (Phi) is 5.49. The predicted octanol–water partition coefficient (Wildman–Crippen LogP) is 1.63. The molecule has 4 nitrogen and oxygen atoms in total. The number of hydrogen-bond donors (Lipinski definition) is 1. The Morgan fingerprint density at radius 1 is 1.38 bits per heavy atom. The van der Waals surface area contributed by atoms with Gasteiger partial charge in [-0.1, -0.05) is 20.8 Å². The van der Waals surface area contributed by atoms with Gasteiger partial charge < -0.3 is 5.73 Å². The van der Waals surface area contributed by atoms with E-state index in [9.17, 15) is 0 Å². The van der Waals surface area contributed by atoms with E-state index in [-0.39, 0.29) is 0 Å². The first-order chi connectivity index (χ1) is 7.76. The van der Waals surface area contributed by atoms with Crippen molar-refractivity contribution < 1.29 is 0 Å². The number of nitrogens with zero attached hydrogens (tertiary/aromatic N) is 3. The molecule has 0 aliphatic heterocycles. The van der Waals surface area contributed by atoms with Gasteiger partial charge in [0, 0.05) is 24.8 Å². The third-order valence-electron chi connectivity index (χ3n) is 2.97. The largest absolute Gasteiger partial charge is 0.329 e. The fraction of sp³-hybridized carbons (Fsp3) is 0.750. The highest BCUT2D eigenvalue weighted by atomic mass is 15.3. The second-order valence-corrected chi connectivity index (χ2v) is 4.01. The van der Waals surface area contributed by atoms with Gasteiger partial charge in [-0.3, -0.25) is 9.58 Å². The minimum atomic E-state index is 0.306. The highest BCUT2D eigenvalue weighted by molar-refractivity contribution is 5.11. The molecular formula is C12H24N4. The molecule has 1 unspecified atom stereocenters. The number of likely N-dealkylation sites (N-methyl/N-ethyl adjacent to an activating group) is 1. The summed E-state index contributed by atoms with van der Waals surface area (Å²) in [6, 6.07) is 0.306. The molecule has 1 atom stereocenters. The summed E-state index contributed by atoms with van der Waals surface area (Å²) in [6.07, 6.45) is 5.19. The molecule has 0 fully saturated rings. The highest BCUT2D eigenvalue weighted by Gasteiger charge is 2.17. The lowest BCUT2D eigenvalue weighted by atomic mass is 10.1. The Bertz CT molecular complexity index is 291. The summed E-state index contributed by atoms with van der Waals surface area (Å²) in [5.41, 5.74) is 7.10. The van der Waals surface area contributed by atoms with Gasteiger partial charge in [0.2, 0.25) is 0 Å². The second-order valence-electron chi connectivity index (χ2n) is 4.01. The molecule has 16 heavy (non-hydrogen) atoms. The standard InChI is InChI=1S/C12H24N4/c1-4-7-16-10-11(9-14-16)12(8-13)15(5-2)6-3/h9-10,12H,4-8,13H2,1-3H3. The van der Waals surface area contributed by atoms with Crippen LogP contribution in [-0.4, -0.2) is 34.3 Å². The lowest BCUT2D eigenvalue weighted by Gasteiger charge is -2.27. The average molecular weight is 224 g/mol. The van der Waals surface area contributed by atoms with Crippen LogP contribution in [0, 0.1) is 0 Å². The average Bonchev–Trinajstić information content (AvgIpc) is 2.74. The number of aryl methyl sites for hydroxylation is 1. The molecule has 0 aromatic carbocycles. The summed E-state index contributed by atoms with van der Waals surface area (Å²) in [6.45, 7) is 10.2. The van der Waals surface area contributed by atoms with E-state index in [0.717, 1.165) is 26.1 Å². The molecule has 0 saturated carbocycles.